The SMILES string of the molecule is CCNC(=NCc1c(C)nn(C)c1C)NCCc1ccc(F)cc1C.I. The Morgan fingerprint density at radius 2 is 1.96 bits per heavy atom. The second kappa shape index (κ2) is 10.5. The van der Waals surface area contributed by atoms with Crippen LogP contribution in [0.1, 0.15) is 35.0 Å². The highest BCUT2D eigenvalue weighted by molar-refractivity contribution is 14.0. The second-order valence-corrected chi connectivity index (χ2v) is 6.22. The summed E-state index contributed by atoms with van der Waals surface area (Å²) in [4.78, 5) is 4.67. The van der Waals surface area contributed by atoms with Gasteiger partial charge in [0, 0.05) is 31.4 Å². The highest BCUT2D eigenvalue weighted by atomic mass is 127. The number of aryl methyl sites for hydroxylation is 3. The molecule has 0 radical (unpaired) electrons. The summed E-state index contributed by atoms with van der Waals surface area (Å²) in [6, 6.07) is 4.93. The van der Waals surface area contributed by atoms with E-state index in [1.54, 1.807) is 6.07 Å². The molecular weight excluding hydrogens is 444 g/mol. The average Bonchev–Trinajstić information content (AvgIpc) is 2.80. The van der Waals surface area contributed by atoms with E-state index in [4.69, 9.17) is 0 Å². The maximum absolute atomic E-state index is 13.2. The monoisotopic (exact) mass is 473 g/mol. The zero-order valence-corrected chi connectivity index (χ0v) is 18.5. The van der Waals surface area contributed by atoms with E-state index in [1.807, 2.05) is 38.6 Å². The molecule has 0 fully saturated rings. The first kappa shape index (κ1) is 22.4. The summed E-state index contributed by atoms with van der Waals surface area (Å²) in [5.41, 5.74) is 5.43. The molecule has 1 aromatic heterocycles. The number of aliphatic imine (C=N–C) groups is 1. The van der Waals surface area contributed by atoms with Crippen molar-refractivity contribution in [2.45, 2.75) is 40.7 Å². The molecule has 2 aromatic rings. The van der Waals surface area contributed by atoms with E-state index in [0.717, 1.165) is 53.5 Å². The topological polar surface area (TPSA) is 54.2 Å². The molecule has 144 valence electrons. The number of guanidine groups is 1. The van der Waals surface area contributed by atoms with Crippen molar-refractivity contribution in [2.24, 2.45) is 12.0 Å². The molecule has 1 aromatic carbocycles. The fraction of sp³-hybridized carbons (Fsp3) is 0.474. The van der Waals surface area contributed by atoms with Gasteiger partial charge in [0.05, 0.1) is 12.2 Å². The molecule has 0 unspecified atom stereocenters. The van der Waals surface area contributed by atoms with Gasteiger partial charge in [-0.25, -0.2) is 9.38 Å². The van der Waals surface area contributed by atoms with Gasteiger partial charge in [0.15, 0.2) is 5.96 Å². The maximum Gasteiger partial charge on any atom is 0.191 e. The van der Waals surface area contributed by atoms with E-state index in [2.05, 4.69) is 27.6 Å². The summed E-state index contributed by atoms with van der Waals surface area (Å²) >= 11 is 0. The van der Waals surface area contributed by atoms with Crippen LogP contribution in [0.4, 0.5) is 4.39 Å². The largest absolute Gasteiger partial charge is 0.357 e. The van der Waals surface area contributed by atoms with Crippen LogP contribution in [-0.4, -0.2) is 28.8 Å². The molecule has 0 saturated heterocycles. The third kappa shape index (κ3) is 5.96. The molecule has 0 spiro atoms. The summed E-state index contributed by atoms with van der Waals surface area (Å²) in [6.07, 6.45) is 0.821. The van der Waals surface area contributed by atoms with E-state index in [9.17, 15) is 4.39 Å². The van der Waals surface area contributed by atoms with Crippen molar-refractivity contribution in [3.63, 3.8) is 0 Å². The van der Waals surface area contributed by atoms with Crippen LogP contribution in [0.25, 0.3) is 0 Å². The van der Waals surface area contributed by atoms with Crippen LogP contribution < -0.4 is 10.6 Å². The molecule has 0 bridgehead atoms. The quantitative estimate of drug-likeness (QED) is 0.384. The Balaban J connectivity index is 0.00000338. The van der Waals surface area contributed by atoms with Crippen molar-refractivity contribution in [3.8, 4) is 0 Å². The van der Waals surface area contributed by atoms with Crippen LogP contribution in [0.2, 0.25) is 0 Å². The van der Waals surface area contributed by atoms with Crippen molar-refractivity contribution in [1.82, 2.24) is 20.4 Å². The number of benzene rings is 1. The van der Waals surface area contributed by atoms with Gasteiger partial charge in [0.2, 0.25) is 0 Å². The summed E-state index contributed by atoms with van der Waals surface area (Å²) in [6.45, 7) is 10.2. The van der Waals surface area contributed by atoms with E-state index in [1.165, 1.54) is 6.07 Å². The Kier molecular flexibility index (Phi) is 9.04. The van der Waals surface area contributed by atoms with Gasteiger partial charge in [-0.3, -0.25) is 4.68 Å². The Morgan fingerprint density at radius 1 is 1.23 bits per heavy atom. The van der Waals surface area contributed by atoms with Crippen molar-refractivity contribution in [3.05, 3.63) is 52.1 Å². The highest BCUT2D eigenvalue weighted by Crippen LogP contribution is 2.13. The first-order chi connectivity index (χ1) is 11.9. The van der Waals surface area contributed by atoms with Crippen LogP contribution in [0.15, 0.2) is 23.2 Å². The molecule has 7 heteroatoms. The fourth-order valence-electron chi connectivity index (χ4n) is 2.80. The third-order valence-electron chi connectivity index (χ3n) is 4.39. The van der Waals surface area contributed by atoms with Crippen LogP contribution in [-0.2, 0) is 20.0 Å². The van der Waals surface area contributed by atoms with Gasteiger partial charge < -0.3 is 10.6 Å². The normalized spacial score (nSPS) is 11.2. The van der Waals surface area contributed by atoms with E-state index >= 15 is 0 Å². The molecular formula is C19H29FIN5. The molecule has 1 heterocycles. The minimum absolute atomic E-state index is 0. The Hall–Kier alpha value is -1.64. The molecule has 0 saturated carbocycles. The first-order valence-corrected chi connectivity index (χ1v) is 8.68. The molecule has 0 aliphatic rings. The predicted molar refractivity (Wildman–Crippen MR) is 116 cm³/mol. The Labute approximate surface area is 172 Å². The van der Waals surface area contributed by atoms with Gasteiger partial charge in [-0.1, -0.05) is 6.07 Å². The molecule has 0 atom stereocenters. The lowest BCUT2D eigenvalue weighted by Gasteiger charge is -2.12. The van der Waals surface area contributed by atoms with Gasteiger partial charge in [0.1, 0.15) is 5.82 Å². The maximum atomic E-state index is 13.2. The summed E-state index contributed by atoms with van der Waals surface area (Å²) < 4.78 is 15.1. The Morgan fingerprint density at radius 3 is 2.54 bits per heavy atom. The highest BCUT2D eigenvalue weighted by Gasteiger charge is 2.09. The van der Waals surface area contributed by atoms with Crippen molar-refractivity contribution < 1.29 is 4.39 Å². The lowest BCUT2D eigenvalue weighted by atomic mass is 10.1. The van der Waals surface area contributed by atoms with Gasteiger partial charge in [-0.05, 0) is 57.4 Å². The molecule has 0 aliphatic carbocycles. The number of hydrogen-bond donors (Lipinski definition) is 2. The second-order valence-electron chi connectivity index (χ2n) is 6.22. The number of aromatic nitrogens is 2. The minimum Gasteiger partial charge on any atom is -0.357 e. The molecule has 0 aliphatic heterocycles. The lowest BCUT2D eigenvalue weighted by molar-refractivity contribution is 0.625. The van der Waals surface area contributed by atoms with Crippen molar-refractivity contribution in [1.29, 1.82) is 0 Å². The van der Waals surface area contributed by atoms with E-state index in [-0.39, 0.29) is 29.8 Å². The van der Waals surface area contributed by atoms with Crippen molar-refractivity contribution in [2.75, 3.05) is 13.1 Å². The number of hydrogen-bond acceptors (Lipinski definition) is 2. The van der Waals surface area contributed by atoms with Crippen LogP contribution >= 0.6 is 24.0 Å². The van der Waals surface area contributed by atoms with Crippen LogP contribution in [0.3, 0.4) is 0 Å². The molecule has 2 rings (SSSR count). The fourth-order valence-corrected chi connectivity index (χ4v) is 2.80. The van der Waals surface area contributed by atoms with E-state index < -0.39 is 0 Å². The van der Waals surface area contributed by atoms with Gasteiger partial charge in [-0.2, -0.15) is 5.10 Å². The Bertz CT molecular complexity index is 755. The molecule has 2 N–H and O–H groups in total. The third-order valence-corrected chi connectivity index (χ3v) is 4.39. The minimum atomic E-state index is -0.189. The van der Waals surface area contributed by atoms with Gasteiger partial charge >= 0.3 is 0 Å². The number of nitrogens with one attached hydrogen (secondary N) is 2. The van der Waals surface area contributed by atoms with Crippen LogP contribution in [0.5, 0.6) is 0 Å². The molecule has 26 heavy (non-hydrogen) atoms. The van der Waals surface area contributed by atoms with Gasteiger partial charge in [-0.15, -0.1) is 24.0 Å². The first-order valence-electron chi connectivity index (χ1n) is 8.68. The van der Waals surface area contributed by atoms with Crippen LogP contribution in [0, 0.1) is 26.6 Å². The number of halogens is 2. The van der Waals surface area contributed by atoms with Crippen molar-refractivity contribution >= 4 is 29.9 Å². The zero-order valence-electron chi connectivity index (χ0n) is 16.2. The number of rotatable bonds is 6. The van der Waals surface area contributed by atoms with E-state index in [0.29, 0.717) is 6.54 Å². The molecule has 0 amide bonds. The number of nitrogens with zero attached hydrogens (tertiary/aromatic N) is 3. The predicted octanol–water partition coefficient (Wildman–Crippen LogP) is 3.40. The summed E-state index contributed by atoms with van der Waals surface area (Å²) in [5, 5.41) is 11.0. The molecule has 5 nitrogen and oxygen atoms in total. The van der Waals surface area contributed by atoms with Gasteiger partial charge in [0.25, 0.3) is 0 Å². The zero-order chi connectivity index (χ0) is 18.4. The summed E-state index contributed by atoms with van der Waals surface area (Å²) in [5.74, 6) is 0.594. The summed E-state index contributed by atoms with van der Waals surface area (Å²) in [7, 11) is 1.95. The lowest BCUT2D eigenvalue weighted by Crippen LogP contribution is -2.38. The smallest absolute Gasteiger partial charge is 0.191 e. The average molecular weight is 473 g/mol. The standard InChI is InChI=1S/C19H28FN5.HI/c1-6-21-19(23-12-18-14(3)24-25(5)15(18)4)22-10-9-16-7-8-17(20)11-13(16)2;/h7-8,11H,6,9-10,12H2,1-5H3,(H2,21,22,23);1H.